The van der Waals surface area contributed by atoms with E-state index >= 15 is 0 Å². The molecule has 0 unspecified atom stereocenters. The number of hydrogen-bond donors (Lipinski definition) is 2. The third kappa shape index (κ3) is 4.32. The first kappa shape index (κ1) is 15.6. The highest BCUT2D eigenvalue weighted by molar-refractivity contribution is 7.09. The van der Waals surface area contributed by atoms with E-state index in [1.54, 1.807) is 11.3 Å². The van der Waals surface area contributed by atoms with Crippen LogP contribution in [0.5, 0.6) is 5.75 Å². The van der Waals surface area contributed by atoms with E-state index in [0.717, 1.165) is 12.0 Å². The molecular weight excluding hydrogens is 312 g/mol. The average Bonchev–Trinajstić information content (AvgIpc) is 2.99. The van der Waals surface area contributed by atoms with Gasteiger partial charge in [-0.15, -0.1) is 11.3 Å². The van der Waals surface area contributed by atoms with E-state index in [1.165, 1.54) is 4.88 Å². The van der Waals surface area contributed by atoms with Crippen molar-refractivity contribution >= 4 is 28.8 Å². The minimum absolute atomic E-state index is 0.0219. The average molecular weight is 330 g/mol. The van der Waals surface area contributed by atoms with Gasteiger partial charge in [-0.25, -0.2) is 0 Å². The highest BCUT2D eigenvalue weighted by Crippen LogP contribution is 2.28. The van der Waals surface area contributed by atoms with Gasteiger partial charge in [0.15, 0.2) is 0 Å². The highest BCUT2D eigenvalue weighted by Gasteiger charge is 2.14. The van der Waals surface area contributed by atoms with Crippen LogP contribution in [-0.4, -0.2) is 18.4 Å². The van der Waals surface area contributed by atoms with Crippen molar-refractivity contribution < 1.29 is 14.3 Å². The van der Waals surface area contributed by atoms with E-state index in [-0.39, 0.29) is 11.8 Å². The lowest BCUT2D eigenvalue weighted by atomic mass is 10.1. The smallest absolute Gasteiger partial charge is 0.227 e. The summed E-state index contributed by atoms with van der Waals surface area (Å²) in [6.07, 6.45) is 1.59. The van der Waals surface area contributed by atoms with Gasteiger partial charge < -0.3 is 15.4 Å². The molecule has 0 saturated heterocycles. The Morgan fingerprint density at radius 3 is 3.09 bits per heavy atom. The minimum Gasteiger partial charge on any atom is -0.491 e. The second-order valence-electron chi connectivity index (χ2n) is 5.33. The second kappa shape index (κ2) is 7.28. The molecule has 23 heavy (non-hydrogen) atoms. The molecule has 0 spiro atoms. The van der Waals surface area contributed by atoms with E-state index < -0.39 is 0 Å². The molecule has 1 aromatic heterocycles. The maximum atomic E-state index is 11.9. The number of rotatable bonds is 5. The zero-order valence-electron chi connectivity index (χ0n) is 12.6. The molecule has 0 fully saturated rings. The Morgan fingerprint density at radius 1 is 1.35 bits per heavy atom. The quantitative estimate of drug-likeness (QED) is 0.886. The number of aryl methyl sites for hydroxylation is 1. The Balaban J connectivity index is 1.54. The zero-order valence-corrected chi connectivity index (χ0v) is 13.4. The Labute approximate surface area is 138 Å². The second-order valence-corrected chi connectivity index (χ2v) is 6.37. The SMILES string of the molecule is O=C(CCc1cccs1)NCc1ccc2c(c1)NC(=O)CCO2. The number of carbonyl (C=O) groups excluding carboxylic acids is 2. The van der Waals surface area contributed by atoms with Crippen LogP contribution >= 0.6 is 11.3 Å². The first-order chi connectivity index (χ1) is 11.2. The molecule has 6 heteroatoms. The van der Waals surface area contributed by atoms with E-state index in [0.29, 0.717) is 37.4 Å². The van der Waals surface area contributed by atoms with Crippen LogP contribution in [0.25, 0.3) is 0 Å². The van der Waals surface area contributed by atoms with Gasteiger partial charge >= 0.3 is 0 Å². The number of nitrogens with one attached hydrogen (secondary N) is 2. The fourth-order valence-corrected chi connectivity index (χ4v) is 3.07. The van der Waals surface area contributed by atoms with Crippen molar-refractivity contribution in [2.75, 3.05) is 11.9 Å². The normalized spacial score (nSPS) is 13.5. The summed E-state index contributed by atoms with van der Waals surface area (Å²) in [6, 6.07) is 9.60. The summed E-state index contributed by atoms with van der Waals surface area (Å²) in [5.41, 5.74) is 1.59. The number of carbonyl (C=O) groups is 2. The van der Waals surface area contributed by atoms with Crippen LogP contribution < -0.4 is 15.4 Å². The molecule has 120 valence electrons. The molecule has 0 bridgehead atoms. The number of thiophene rings is 1. The monoisotopic (exact) mass is 330 g/mol. The van der Waals surface area contributed by atoms with Crippen molar-refractivity contribution in [1.82, 2.24) is 5.32 Å². The molecule has 1 aliphatic rings. The molecule has 1 aromatic carbocycles. The van der Waals surface area contributed by atoms with E-state index in [4.69, 9.17) is 4.74 Å². The molecule has 0 saturated carbocycles. The van der Waals surface area contributed by atoms with E-state index in [2.05, 4.69) is 10.6 Å². The van der Waals surface area contributed by atoms with Gasteiger partial charge in [-0.3, -0.25) is 9.59 Å². The summed E-state index contributed by atoms with van der Waals surface area (Å²) >= 11 is 1.66. The van der Waals surface area contributed by atoms with Crippen LogP contribution in [0.4, 0.5) is 5.69 Å². The van der Waals surface area contributed by atoms with Gasteiger partial charge in [-0.05, 0) is 35.6 Å². The number of benzene rings is 1. The fraction of sp³-hybridized carbons (Fsp3) is 0.294. The molecule has 0 aliphatic carbocycles. The molecule has 5 nitrogen and oxygen atoms in total. The summed E-state index contributed by atoms with van der Waals surface area (Å²) in [6.45, 7) is 0.823. The predicted molar refractivity (Wildman–Crippen MR) is 89.7 cm³/mol. The number of amides is 2. The molecular formula is C17H18N2O3S. The lowest BCUT2D eigenvalue weighted by Gasteiger charge is -2.10. The van der Waals surface area contributed by atoms with E-state index in [9.17, 15) is 9.59 Å². The third-order valence-corrected chi connectivity index (χ3v) is 4.51. The van der Waals surface area contributed by atoms with Gasteiger partial charge in [0.2, 0.25) is 11.8 Å². The van der Waals surface area contributed by atoms with Crippen molar-refractivity contribution in [2.45, 2.75) is 25.8 Å². The van der Waals surface area contributed by atoms with Crippen molar-refractivity contribution in [1.29, 1.82) is 0 Å². The zero-order chi connectivity index (χ0) is 16.1. The van der Waals surface area contributed by atoms with Gasteiger partial charge in [0, 0.05) is 17.8 Å². The first-order valence-corrected chi connectivity index (χ1v) is 8.43. The van der Waals surface area contributed by atoms with Crippen LogP contribution in [0.2, 0.25) is 0 Å². The van der Waals surface area contributed by atoms with Gasteiger partial charge in [-0.2, -0.15) is 0 Å². The van der Waals surface area contributed by atoms with Crippen molar-refractivity contribution in [2.24, 2.45) is 0 Å². The Kier molecular flexibility index (Phi) is 4.92. The van der Waals surface area contributed by atoms with Gasteiger partial charge in [0.25, 0.3) is 0 Å². The molecule has 3 rings (SSSR count). The number of ether oxygens (including phenoxy) is 1. The summed E-state index contributed by atoms with van der Waals surface area (Å²) < 4.78 is 5.51. The Bertz CT molecular complexity index is 698. The molecule has 2 heterocycles. The highest BCUT2D eigenvalue weighted by atomic mass is 32.1. The summed E-state index contributed by atoms with van der Waals surface area (Å²) in [4.78, 5) is 24.7. The summed E-state index contributed by atoms with van der Waals surface area (Å²) in [7, 11) is 0. The molecule has 2 amide bonds. The fourth-order valence-electron chi connectivity index (χ4n) is 2.36. The Hall–Kier alpha value is -2.34. The maximum Gasteiger partial charge on any atom is 0.227 e. The maximum absolute atomic E-state index is 11.9. The van der Waals surface area contributed by atoms with Crippen LogP contribution in [-0.2, 0) is 22.6 Å². The van der Waals surface area contributed by atoms with E-state index in [1.807, 2.05) is 35.7 Å². The molecule has 2 N–H and O–H groups in total. The van der Waals surface area contributed by atoms with Crippen molar-refractivity contribution in [3.05, 3.63) is 46.2 Å². The summed E-state index contributed by atoms with van der Waals surface area (Å²) in [5.74, 6) is 0.637. The van der Waals surface area contributed by atoms with Crippen LogP contribution in [0.3, 0.4) is 0 Å². The largest absolute Gasteiger partial charge is 0.491 e. The van der Waals surface area contributed by atoms with Crippen LogP contribution in [0.15, 0.2) is 35.7 Å². The lowest BCUT2D eigenvalue weighted by Crippen LogP contribution is -2.23. The van der Waals surface area contributed by atoms with Gasteiger partial charge in [-0.1, -0.05) is 12.1 Å². The molecule has 2 aromatic rings. The molecule has 0 radical (unpaired) electrons. The number of hydrogen-bond acceptors (Lipinski definition) is 4. The topological polar surface area (TPSA) is 67.4 Å². The predicted octanol–water partition coefficient (Wildman–Crippen LogP) is 2.72. The third-order valence-electron chi connectivity index (χ3n) is 3.57. The molecule has 1 aliphatic heterocycles. The minimum atomic E-state index is -0.0547. The molecule has 0 atom stereocenters. The van der Waals surface area contributed by atoms with Crippen LogP contribution in [0, 0.1) is 0 Å². The van der Waals surface area contributed by atoms with Crippen molar-refractivity contribution in [3.8, 4) is 5.75 Å². The number of anilines is 1. The lowest BCUT2D eigenvalue weighted by molar-refractivity contribution is -0.121. The Morgan fingerprint density at radius 2 is 2.26 bits per heavy atom. The van der Waals surface area contributed by atoms with Gasteiger partial charge in [0.1, 0.15) is 5.75 Å². The van der Waals surface area contributed by atoms with Gasteiger partial charge in [0.05, 0.1) is 18.7 Å². The van der Waals surface area contributed by atoms with Crippen LogP contribution in [0.1, 0.15) is 23.3 Å². The summed E-state index contributed by atoms with van der Waals surface area (Å²) in [5, 5.41) is 7.74. The standard InChI is InChI=1S/C17H18N2O3S/c20-16(6-4-13-2-1-9-23-13)18-11-12-3-5-15-14(10-12)19-17(21)7-8-22-15/h1-3,5,9-10H,4,6-8,11H2,(H,18,20)(H,19,21). The first-order valence-electron chi connectivity index (χ1n) is 7.55. The van der Waals surface area contributed by atoms with Crippen molar-refractivity contribution in [3.63, 3.8) is 0 Å². The number of fused-ring (bicyclic) bond motifs is 1.